The van der Waals surface area contributed by atoms with E-state index in [2.05, 4.69) is 46.9 Å². The molecule has 1 heterocycles. The number of rotatable bonds is 9. The number of unbranched alkanes of at least 4 members (excludes halogenated alkanes) is 1. The molecule has 0 aliphatic heterocycles. The molecule has 0 aliphatic carbocycles. The van der Waals surface area contributed by atoms with E-state index in [-0.39, 0.29) is 5.91 Å². The van der Waals surface area contributed by atoms with Gasteiger partial charge in [-0.2, -0.15) is 0 Å². The van der Waals surface area contributed by atoms with Crippen LogP contribution in [0.4, 0.5) is 0 Å². The van der Waals surface area contributed by atoms with Gasteiger partial charge in [0.05, 0.1) is 6.54 Å². The first-order valence-electron chi connectivity index (χ1n) is 9.55. The lowest BCUT2D eigenvalue weighted by Gasteiger charge is -2.11. The smallest absolute Gasteiger partial charge is 0.251 e. The van der Waals surface area contributed by atoms with E-state index in [9.17, 15) is 4.79 Å². The second-order valence-corrected chi connectivity index (χ2v) is 7.56. The summed E-state index contributed by atoms with van der Waals surface area (Å²) in [7, 11) is 1.77. The predicted molar refractivity (Wildman–Crippen MR) is 114 cm³/mol. The maximum Gasteiger partial charge on any atom is 0.251 e. The van der Waals surface area contributed by atoms with Crippen molar-refractivity contribution in [3.05, 3.63) is 57.3 Å². The summed E-state index contributed by atoms with van der Waals surface area (Å²) in [4.78, 5) is 19.0. The van der Waals surface area contributed by atoms with Crippen LogP contribution in [0.3, 0.4) is 0 Å². The first-order valence-corrected chi connectivity index (χ1v) is 10.4. The highest BCUT2D eigenvalue weighted by Gasteiger charge is 2.05. The number of benzene rings is 1. The largest absolute Gasteiger partial charge is 0.352 e. The molecule has 0 saturated heterocycles. The van der Waals surface area contributed by atoms with E-state index < -0.39 is 0 Å². The van der Waals surface area contributed by atoms with Crippen molar-refractivity contribution in [3.63, 3.8) is 0 Å². The molecular weight excluding hydrogens is 356 g/mol. The number of amides is 1. The Bertz CT molecular complexity index is 737. The van der Waals surface area contributed by atoms with Crippen LogP contribution in [0.2, 0.25) is 0 Å². The normalized spacial score (nSPS) is 11.3. The minimum Gasteiger partial charge on any atom is -0.352 e. The Hall–Kier alpha value is -2.34. The molecule has 3 N–H and O–H groups in total. The van der Waals surface area contributed by atoms with E-state index >= 15 is 0 Å². The Morgan fingerprint density at radius 2 is 1.67 bits per heavy atom. The lowest BCUT2D eigenvalue weighted by atomic mass is 10.1. The van der Waals surface area contributed by atoms with Crippen LogP contribution < -0.4 is 16.0 Å². The minimum absolute atomic E-state index is 0.0113. The molecule has 1 amide bonds. The van der Waals surface area contributed by atoms with Crippen LogP contribution in [0.5, 0.6) is 0 Å². The summed E-state index contributed by atoms with van der Waals surface area (Å²) in [6.07, 6.45) is 3.15. The Kier molecular flexibility index (Phi) is 8.84. The zero-order chi connectivity index (χ0) is 19.5. The highest BCUT2D eigenvalue weighted by Crippen LogP contribution is 2.16. The Labute approximate surface area is 166 Å². The fourth-order valence-electron chi connectivity index (χ4n) is 2.54. The molecule has 5 nitrogen and oxygen atoms in total. The fourth-order valence-corrected chi connectivity index (χ4v) is 3.44. The Morgan fingerprint density at radius 1 is 0.963 bits per heavy atom. The van der Waals surface area contributed by atoms with E-state index in [0.29, 0.717) is 12.1 Å². The summed E-state index contributed by atoms with van der Waals surface area (Å²) in [5, 5.41) is 9.58. The average Bonchev–Trinajstić information content (AvgIpc) is 3.17. The summed E-state index contributed by atoms with van der Waals surface area (Å²) < 4.78 is 0. The van der Waals surface area contributed by atoms with Gasteiger partial charge in [0.1, 0.15) is 0 Å². The highest BCUT2D eigenvalue weighted by molar-refractivity contribution is 7.11. The molecule has 1 aromatic carbocycles. The first-order chi connectivity index (χ1) is 13.2. The van der Waals surface area contributed by atoms with Crippen LogP contribution in [0.15, 0.2) is 41.4 Å². The standard InChI is InChI=1S/C21H30N4OS/c1-4-6-13-23-20(26)17-9-7-16(8-10-17)14-24-21(22-3)25-15-19-12-11-18(5-2)27-19/h7-12H,4-6,13-15H2,1-3H3,(H,23,26)(H2,22,24,25). The molecular formula is C21H30N4OS. The van der Waals surface area contributed by atoms with Gasteiger partial charge in [0, 0.05) is 35.5 Å². The maximum atomic E-state index is 12.0. The Balaban J connectivity index is 1.79. The first kappa shape index (κ1) is 21.0. The molecule has 0 atom stereocenters. The zero-order valence-electron chi connectivity index (χ0n) is 16.5. The number of aryl methyl sites for hydroxylation is 1. The molecule has 0 fully saturated rings. The van der Waals surface area contributed by atoms with E-state index in [0.717, 1.165) is 43.9 Å². The van der Waals surface area contributed by atoms with Crippen molar-refractivity contribution in [3.8, 4) is 0 Å². The number of nitrogens with zero attached hydrogens (tertiary/aromatic N) is 1. The molecule has 0 aliphatic rings. The second-order valence-electron chi connectivity index (χ2n) is 6.31. The van der Waals surface area contributed by atoms with Crippen molar-refractivity contribution in [2.45, 2.75) is 46.2 Å². The number of thiophene rings is 1. The van der Waals surface area contributed by atoms with Gasteiger partial charge >= 0.3 is 0 Å². The number of hydrogen-bond donors (Lipinski definition) is 3. The van der Waals surface area contributed by atoms with Crippen LogP contribution >= 0.6 is 11.3 Å². The van der Waals surface area contributed by atoms with Crippen molar-refractivity contribution in [1.82, 2.24) is 16.0 Å². The monoisotopic (exact) mass is 386 g/mol. The van der Waals surface area contributed by atoms with Crippen LogP contribution in [0.1, 0.15) is 52.4 Å². The number of carbonyl (C=O) groups excluding carboxylic acids is 1. The quantitative estimate of drug-likeness (QED) is 0.350. The number of carbonyl (C=O) groups is 1. The highest BCUT2D eigenvalue weighted by atomic mass is 32.1. The van der Waals surface area contributed by atoms with Gasteiger partial charge in [-0.3, -0.25) is 9.79 Å². The van der Waals surface area contributed by atoms with Crippen LogP contribution in [0, 0.1) is 0 Å². The summed E-state index contributed by atoms with van der Waals surface area (Å²) in [5.41, 5.74) is 1.80. The van der Waals surface area contributed by atoms with Crippen molar-refractivity contribution >= 4 is 23.2 Å². The number of guanidine groups is 1. The average molecular weight is 387 g/mol. The van der Waals surface area contributed by atoms with Crippen LogP contribution in [-0.4, -0.2) is 25.5 Å². The number of hydrogen-bond acceptors (Lipinski definition) is 3. The van der Waals surface area contributed by atoms with E-state index in [1.165, 1.54) is 9.75 Å². The van der Waals surface area contributed by atoms with Crippen molar-refractivity contribution < 1.29 is 4.79 Å². The van der Waals surface area contributed by atoms with E-state index in [1.807, 2.05) is 35.6 Å². The lowest BCUT2D eigenvalue weighted by Crippen LogP contribution is -2.36. The second kappa shape index (κ2) is 11.4. The molecule has 0 saturated carbocycles. The molecule has 0 unspecified atom stereocenters. The van der Waals surface area contributed by atoms with Gasteiger partial charge in [-0.1, -0.05) is 32.4 Å². The van der Waals surface area contributed by atoms with Crippen LogP contribution in [0.25, 0.3) is 0 Å². The van der Waals surface area contributed by atoms with E-state index in [1.54, 1.807) is 7.05 Å². The predicted octanol–water partition coefficient (Wildman–Crippen LogP) is 3.71. The third-order valence-corrected chi connectivity index (χ3v) is 5.44. The molecule has 2 rings (SSSR count). The lowest BCUT2D eigenvalue weighted by molar-refractivity contribution is 0.0953. The minimum atomic E-state index is -0.0113. The van der Waals surface area contributed by atoms with Crippen molar-refractivity contribution in [1.29, 1.82) is 0 Å². The summed E-state index contributed by atoms with van der Waals surface area (Å²) >= 11 is 1.83. The molecule has 146 valence electrons. The SMILES string of the molecule is CCCCNC(=O)c1ccc(CNC(=NC)NCc2ccc(CC)s2)cc1. The van der Waals surface area contributed by atoms with Crippen LogP contribution in [-0.2, 0) is 19.5 Å². The fraction of sp³-hybridized carbons (Fsp3) is 0.429. The molecule has 27 heavy (non-hydrogen) atoms. The third-order valence-electron chi connectivity index (χ3n) is 4.21. The van der Waals surface area contributed by atoms with Gasteiger partial charge in [0.25, 0.3) is 5.91 Å². The van der Waals surface area contributed by atoms with Gasteiger partial charge in [-0.25, -0.2) is 0 Å². The summed E-state index contributed by atoms with van der Waals surface area (Å²) in [5.74, 6) is 0.755. The molecule has 2 aromatic rings. The number of nitrogens with one attached hydrogen (secondary N) is 3. The summed E-state index contributed by atoms with van der Waals surface area (Å²) in [6.45, 7) is 6.43. The third kappa shape index (κ3) is 7.06. The maximum absolute atomic E-state index is 12.0. The zero-order valence-corrected chi connectivity index (χ0v) is 17.3. The van der Waals surface area contributed by atoms with Gasteiger partial charge in [-0.15, -0.1) is 11.3 Å². The number of aliphatic imine (C=N–C) groups is 1. The van der Waals surface area contributed by atoms with Gasteiger partial charge < -0.3 is 16.0 Å². The molecule has 6 heteroatoms. The van der Waals surface area contributed by atoms with Crippen molar-refractivity contribution in [2.75, 3.05) is 13.6 Å². The van der Waals surface area contributed by atoms with Crippen molar-refractivity contribution in [2.24, 2.45) is 4.99 Å². The molecule has 0 spiro atoms. The summed E-state index contributed by atoms with van der Waals surface area (Å²) in [6, 6.07) is 12.0. The van der Waals surface area contributed by atoms with Gasteiger partial charge in [0.15, 0.2) is 5.96 Å². The topological polar surface area (TPSA) is 65.5 Å². The van der Waals surface area contributed by atoms with Gasteiger partial charge in [-0.05, 0) is 42.7 Å². The molecule has 0 radical (unpaired) electrons. The van der Waals surface area contributed by atoms with E-state index in [4.69, 9.17) is 0 Å². The molecule has 1 aromatic heterocycles. The molecule has 0 bridgehead atoms. The Morgan fingerprint density at radius 3 is 2.30 bits per heavy atom. The van der Waals surface area contributed by atoms with Gasteiger partial charge in [0.2, 0.25) is 0 Å².